The molecule has 1 fully saturated rings. The smallest absolute Gasteiger partial charge is 0.0931 e. The van der Waals surface area contributed by atoms with Crippen molar-refractivity contribution in [3.63, 3.8) is 0 Å². The monoisotopic (exact) mass is 244 g/mol. The van der Waals surface area contributed by atoms with Crippen LogP contribution >= 0.6 is 0 Å². The van der Waals surface area contributed by atoms with Gasteiger partial charge in [0.15, 0.2) is 0 Å². The van der Waals surface area contributed by atoms with Crippen LogP contribution < -0.4 is 5.32 Å². The molecule has 96 valence electrons. The highest BCUT2D eigenvalue weighted by Gasteiger charge is 2.20. The molecule has 0 bridgehead atoms. The molecule has 1 aromatic heterocycles. The van der Waals surface area contributed by atoms with Crippen molar-refractivity contribution in [3.8, 4) is 0 Å². The van der Waals surface area contributed by atoms with Crippen LogP contribution in [0.2, 0.25) is 0 Å². The van der Waals surface area contributed by atoms with E-state index in [1.807, 2.05) is 0 Å². The zero-order chi connectivity index (χ0) is 12.4. The number of aromatic amines is 1. The highest BCUT2D eigenvalue weighted by atomic mass is 15.2. The summed E-state index contributed by atoms with van der Waals surface area (Å²) in [6, 6.07) is 7.11. The van der Waals surface area contributed by atoms with Crippen molar-refractivity contribution in [2.24, 2.45) is 0 Å². The number of rotatable bonds is 3. The summed E-state index contributed by atoms with van der Waals surface area (Å²) in [5.74, 6) is 0. The van der Waals surface area contributed by atoms with Crippen molar-refractivity contribution in [1.29, 1.82) is 0 Å². The van der Waals surface area contributed by atoms with Crippen molar-refractivity contribution in [2.45, 2.75) is 19.4 Å². The minimum absolute atomic E-state index is 0.528. The van der Waals surface area contributed by atoms with E-state index in [0.29, 0.717) is 6.04 Å². The number of hydrogen-bond acceptors (Lipinski definition) is 3. The fraction of sp³-hybridized carbons (Fsp3) is 0.500. The van der Waals surface area contributed by atoms with Gasteiger partial charge in [-0.2, -0.15) is 0 Å². The van der Waals surface area contributed by atoms with Crippen LogP contribution in [-0.2, 0) is 0 Å². The van der Waals surface area contributed by atoms with Crippen molar-refractivity contribution in [3.05, 3.63) is 30.1 Å². The predicted molar refractivity (Wildman–Crippen MR) is 73.6 cm³/mol. The van der Waals surface area contributed by atoms with Crippen LogP contribution in [0.4, 0.5) is 0 Å². The molecular formula is C14H20N4. The minimum atomic E-state index is 0.528. The van der Waals surface area contributed by atoms with Gasteiger partial charge in [-0.15, -0.1) is 0 Å². The van der Waals surface area contributed by atoms with Crippen LogP contribution in [0.15, 0.2) is 24.5 Å². The quantitative estimate of drug-likeness (QED) is 0.867. The Balaban J connectivity index is 1.89. The number of nitrogens with one attached hydrogen (secondary N) is 2. The average molecular weight is 244 g/mol. The molecule has 0 spiro atoms. The zero-order valence-electron chi connectivity index (χ0n) is 10.8. The number of benzene rings is 1. The first kappa shape index (κ1) is 11.7. The number of fused-ring (bicyclic) bond motifs is 1. The minimum Gasteiger partial charge on any atom is -0.345 e. The maximum absolute atomic E-state index is 4.28. The van der Waals surface area contributed by atoms with Crippen LogP contribution in [0, 0.1) is 0 Å². The first-order valence-corrected chi connectivity index (χ1v) is 6.76. The lowest BCUT2D eigenvalue weighted by Crippen LogP contribution is -2.45. The summed E-state index contributed by atoms with van der Waals surface area (Å²) < 4.78 is 0. The maximum Gasteiger partial charge on any atom is 0.0931 e. The maximum atomic E-state index is 4.28. The van der Waals surface area contributed by atoms with Crippen molar-refractivity contribution < 1.29 is 0 Å². The molecule has 1 aliphatic heterocycles. The summed E-state index contributed by atoms with van der Waals surface area (Å²) in [6.07, 6.45) is 2.92. The van der Waals surface area contributed by atoms with Gasteiger partial charge in [0.2, 0.25) is 0 Å². The molecule has 1 saturated heterocycles. The molecule has 1 aromatic carbocycles. The third-order valence-electron chi connectivity index (χ3n) is 3.81. The Morgan fingerprint density at radius 2 is 2.17 bits per heavy atom. The lowest BCUT2D eigenvalue weighted by Gasteiger charge is -2.34. The third kappa shape index (κ3) is 2.13. The Morgan fingerprint density at radius 3 is 2.94 bits per heavy atom. The molecule has 4 heteroatoms. The second-order valence-corrected chi connectivity index (χ2v) is 4.89. The Bertz CT molecular complexity index is 513. The normalized spacial score (nSPS) is 19.2. The summed E-state index contributed by atoms with van der Waals surface area (Å²) in [6.45, 7) is 6.74. The number of hydrogen-bond donors (Lipinski definition) is 2. The van der Waals surface area contributed by atoms with E-state index in [1.54, 1.807) is 6.33 Å². The summed E-state index contributed by atoms with van der Waals surface area (Å²) >= 11 is 0. The van der Waals surface area contributed by atoms with Crippen LogP contribution in [0.1, 0.15) is 24.9 Å². The molecule has 2 N–H and O–H groups in total. The molecule has 1 aliphatic rings. The van der Waals surface area contributed by atoms with Gasteiger partial charge in [-0.05, 0) is 24.1 Å². The first-order valence-electron chi connectivity index (χ1n) is 6.76. The molecular weight excluding hydrogens is 224 g/mol. The topological polar surface area (TPSA) is 44.0 Å². The fourth-order valence-corrected chi connectivity index (χ4v) is 2.86. The number of piperazine rings is 1. The molecule has 0 aliphatic carbocycles. The molecule has 1 unspecified atom stereocenters. The Kier molecular flexibility index (Phi) is 3.30. The highest BCUT2D eigenvalue weighted by Crippen LogP contribution is 2.26. The molecule has 3 rings (SSSR count). The molecule has 0 saturated carbocycles. The third-order valence-corrected chi connectivity index (χ3v) is 3.81. The Hall–Kier alpha value is -1.39. The van der Waals surface area contributed by atoms with E-state index in [4.69, 9.17) is 0 Å². The molecule has 1 atom stereocenters. The van der Waals surface area contributed by atoms with Gasteiger partial charge in [-0.25, -0.2) is 4.98 Å². The molecule has 18 heavy (non-hydrogen) atoms. The molecule has 2 aromatic rings. The molecule has 0 amide bonds. The standard InChI is InChI=1S/C14H20N4/c1-2-14(18-7-5-15-6-8-18)11-3-4-12-13(9-11)17-10-16-12/h3-4,9-10,14-15H,2,5-8H2,1H3,(H,16,17). The lowest BCUT2D eigenvalue weighted by atomic mass is 10.0. The van der Waals surface area contributed by atoms with E-state index in [1.165, 1.54) is 5.56 Å². The van der Waals surface area contributed by atoms with E-state index in [2.05, 4.69) is 45.3 Å². The largest absolute Gasteiger partial charge is 0.345 e. The van der Waals surface area contributed by atoms with E-state index < -0.39 is 0 Å². The van der Waals surface area contributed by atoms with E-state index in [9.17, 15) is 0 Å². The van der Waals surface area contributed by atoms with Crippen LogP contribution in [0.5, 0.6) is 0 Å². The summed E-state index contributed by atoms with van der Waals surface area (Å²) in [4.78, 5) is 10.1. The SMILES string of the molecule is CCC(c1ccc2nc[nH]c2c1)N1CCNCC1. The fourth-order valence-electron chi connectivity index (χ4n) is 2.86. The summed E-state index contributed by atoms with van der Waals surface area (Å²) in [5.41, 5.74) is 3.59. The van der Waals surface area contributed by atoms with E-state index >= 15 is 0 Å². The van der Waals surface area contributed by atoms with Crippen LogP contribution in [0.25, 0.3) is 11.0 Å². The van der Waals surface area contributed by atoms with Gasteiger partial charge in [0.05, 0.1) is 17.4 Å². The van der Waals surface area contributed by atoms with Gasteiger partial charge >= 0.3 is 0 Å². The van der Waals surface area contributed by atoms with Gasteiger partial charge in [0.25, 0.3) is 0 Å². The van der Waals surface area contributed by atoms with Gasteiger partial charge < -0.3 is 10.3 Å². The van der Waals surface area contributed by atoms with Crippen molar-refractivity contribution in [2.75, 3.05) is 26.2 Å². The molecule has 4 nitrogen and oxygen atoms in total. The average Bonchev–Trinajstić information content (AvgIpc) is 2.88. The number of nitrogens with zero attached hydrogens (tertiary/aromatic N) is 2. The summed E-state index contributed by atoms with van der Waals surface area (Å²) in [7, 11) is 0. The number of H-pyrrole nitrogens is 1. The van der Waals surface area contributed by atoms with Crippen molar-refractivity contribution in [1.82, 2.24) is 20.2 Å². The second-order valence-electron chi connectivity index (χ2n) is 4.89. The number of aromatic nitrogens is 2. The molecule has 2 heterocycles. The van der Waals surface area contributed by atoms with Gasteiger partial charge in [-0.3, -0.25) is 4.90 Å². The predicted octanol–water partition coefficient (Wildman–Crippen LogP) is 1.92. The first-order chi connectivity index (χ1) is 8.88. The van der Waals surface area contributed by atoms with Crippen LogP contribution in [0.3, 0.4) is 0 Å². The Labute approximate surface area is 107 Å². The molecule has 0 radical (unpaired) electrons. The van der Waals surface area contributed by atoms with Gasteiger partial charge in [-0.1, -0.05) is 13.0 Å². The van der Waals surface area contributed by atoms with E-state index in [-0.39, 0.29) is 0 Å². The van der Waals surface area contributed by atoms with Crippen LogP contribution in [-0.4, -0.2) is 41.0 Å². The summed E-state index contributed by atoms with van der Waals surface area (Å²) in [5, 5.41) is 3.41. The highest BCUT2D eigenvalue weighted by molar-refractivity contribution is 5.75. The van der Waals surface area contributed by atoms with E-state index in [0.717, 1.165) is 43.6 Å². The number of imidazole rings is 1. The lowest BCUT2D eigenvalue weighted by molar-refractivity contribution is 0.169. The Morgan fingerprint density at radius 1 is 1.33 bits per heavy atom. The van der Waals surface area contributed by atoms with Gasteiger partial charge in [0, 0.05) is 32.2 Å². The second kappa shape index (κ2) is 5.08. The van der Waals surface area contributed by atoms with Gasteiger partial charge in [0.1, 0.15) is 0 Å². The van der Waals surface area contributed by atoms with Crippen molar-refractivity contribution >= 4 is 11.0 Å². The zero-order valence-corrected chi connectivity index (χ0v) is 10.8.